The van der Waals surface area contributed by atoms with E-state index >= 15 is 0 Å². The van der Waals surface area contributed by atoms with Gasteiger partial charge in [-0.1, -0.05) is 36.8 Å². The highest BCUT2D eigenvalue weighted by Gasteiger charge is 2.37. The smallest absolute Gasteiger partial charge is 0.320 e. The van der Waals surface area contributed by atoms with Crippen molar-refractivity contribution in [2.75, 3.05) is 19.7 Å². The van der Waals surface area contributed by atoms with E-state index in [0.29, 0.717) is 51.6 Å². The van der Waals surface area contributed by atoms with Gasteiger partial charge in [0.05, 0.1) is 12.1 Å². The van der Waals surface area contributed by atoms with E-state index in [1.165, 1.54) is 4.90 Å². The second-order valence-corrected chi connectivity index (χ2v) is 7.73. The zero-order valence-corrected chi connectivity index (χ0v) is 17.3. The number of benzene rings is 1. The second kappa shape index (κ2) is 12.4. The number of likely N-dealkylation sites (tertiary alicyclic amines) is 1. The van der Waals surface area contributed by atoms with Crippen molar-refractivity contribution in [3.8, 4) is 0 Å². The number of amides is 1. The molecule has 2 rings (SSSR count). The molecular formula is C22H33N3O5. The maximum absolute atomic E-state index is 13.2. The number of hydrogen-bond acceptors (Lipinski definition) is 6. The maximum atomic E-state index is 13.2. The average Bonchev–Trinajstić information content (AvgIpc) is 3.25. The zero-order chi connectivity index (χ0) is 21.9. The van der Waals surface area contributed by atoms with Crippen molar-refractivity contribution in [3.63, 3.8) is 0 Å². The average molecular weight is 420 g/mol. The molecule has 8 heteroatoms. The summed E-state index contributed by atoms with van der Waals surface area (Å²) in [7, 11) is 0. The van der Waals surface area contributed by atoms with Crippen LogP contribution < -0.4 is 11.1 Å². The lowest BCUT2D eigenvalue weighted by Crippen LogP contribution is -2.54. The molecule has 30 heavy (non-hydrogen) atoms. The zero-order valence-electron chi connectivity index (χ0n) is 17.3. The summed E-state index contributed by atoms with van der Waals surface area (Å²) in [6.45, 7) is 0.327. The Bertz CT molecular complexity index is 697. The first-order valence-corrected chi connectivity index (χ1v) is 10.6. The number of carbonyl (C=O) groups is 3. The van der Waals surface area contributed by atoms with Crippen molar-refractivity contribution >= 4 is 17.7 Å². The SMILES string of the molecule is NCCCCC(NC(CCc1ccccc1)C(=O)O)C(=O)N1CCC[C@H]1C(=O)CO. The van der Waals surface area contributed by atoms with E-state index in [1.54, 1.807) is 0 Å². The summed E-state index contributed by atoms with van der Waals surface area (Å²) in [4.78, 5) is 38.6. The highest BCUT2D eigenvalue weighted by atomic mass is 16.4. The predicted octanol–water partition coefficient (Wildman–Crippen LogP) is 0.712. The van der Waals surface area contributed by atoms with E-state index in [4.69, 9.17) is 5.73 Å². The highest BCUT2D eigenvalue weighted by molar-refractivity contribution is 5.92. The lowest BCUT2D eigenvalue weighted by Gasteiger charge is -2.30. The molecule has 8 nitrogen and oxygen atoms in total. The number of unbranched alkanes of at least 4 members (excludes halogenated alkanes) is 1. The molecule has 0 spiro atoms. The van der Waals surface area contributed by atoms with Crippen LogP contribution in [-0.4, -0.2) is 70.6 Å². The van der Waals surface area contributed by atoms with Gasteiger partial charge in [0.15, 0.2) is 5.78 Å². The summed E-state index contributed by atoms with van der Waals surface area (Å²) in [5, 5.41) is 21.9. The molecule has 0 radical (unpaired) electrons. The standard InChI is InChI=1S/C22H33N3O5/c23-13-5-4-9-17(21(28)25-14-6-10-19(25)20(27)15-26)24-18(22(29)30)12-11-16-7-2-1-3-8-16/h1-3,7-8,17-19,24,26H,4-6,9-15,23H2,(H,29,30)/t17?,18?,19-/m0/s1. The number of carboxylic acid groups (broad SMARTS) is 1. The van der Waals surface area contributed by atoms with Gasteiger partial charge < -0.3 is 20.8 Å². The molecule has 0 bridgehead atoms. The summed E-state index contributed by atoms with van der Waals surface area (Å²) < 4.78 is 0. The van der Waals surface area contributed by atoms with E-state index in [1.807, 2.05) is 30.3 Å². The number of rotatable bonds is 13. The number of ketones is 1. The first kappa shape index (κ1) is 24.0. The number of Topliss-reactive ketones (excluding diaryl/α,β-unsaturated/α-hetero) is 1. The molecule has 1 aliphatic heterocycles. The Balaban J connectivity index is 2.09. The van der Waals surface area contributed by atoms with Crippen LogP contribution in [0.25, 0.3) is 0 Å². The fourth-order valence-corrected chi connectivity index (χ4v) is 3.92. The van der Waals surface area contributed by atoms with E-state index < -0.39 is 30.7 Å². The lowest BCUT2D eigenvalue weighted by molar-refractivity contribution is -0.143. The molecule has 3 atom stereocenters. The molecule has 2 unspecified atom stereocenters. The van der Waals surface area contributed by atoms with E-state index in [9.17, 15) is 24.6 Å². The maximum Gasteiger partial charge on any atom is 0.320 e. The number of carboxylic acids is 1. The summed E-state index contributed by atoms with van der Waals surface area (Å²) in [6, 6.07) is 7.38. The molecule has 1 saturated heterocycles. The van der Waals surface area contributed by atoms with Crippen LogP contribution in [0.15, 0.2) is 30.3 Å². The van der Waals surface area contributed by atoms with E-state index in [0.717, 1.165) is 12.0 Å². The Hall–Kier alpha value is -2.29. The van der Waals surface area contributed by atoms with Crippen molar-refractivity contribution in [1.29, 1.82) is 0 Å². The van der Waals surface area contributed by atoms with Crippen molar-refractivity contribution in [3.05, 3.63) is 35.9 Å². The summed E-state index contributed by atoms with van der Waals surface area (Å²) >= 11 is 0. The van der Waals surface area contributed by atoms with Crippen LogP contribution in [0.3, 0.4) is 0 Å². The molecule has 1 fully saturated rings. The number of aliphatic hydroxyl groups excluding tert-OH is 1. The van der Waals surface area contributed by atoms with Gasteiger partial charge in [0.2, 0.25) is 5.91 Å². The Morgan fingerprint density at radius 1 is 1.13 bits per heavy atom. The van der Waals surface area contributed by atoms with Crippen LogP contribution in [0.5, 0.6) is 0 Å². The van der Waals surface area contributed by atoms with Crippen LogP contribution in [0.1, 0.15) is 44.1 Å². The Morgan fingerprint density at radius 3 is 2.50 bits per heavy atom. The largest absolute Gasteiger partial charge is 0.480 e. The third kappa shape index (κ3) is 6.90. The molecular weight excluding hydrogens is 386 g/mol. The van der Waals surface area contributed by atoms with E-state index in [2.05, 4.69) is 5.32 Å². The van der Waals surface area contributed by atoms with Gasteiger partial charge in [-0.25, -0.2) is 0 Å². The van der Waals surface area contributed by atoms with Gasteiger partial charge in [-0.2, -0.15) is 0 Å². The molecule has 5 N–H and O–H groups in total. The van der Waals surface area contributed by atoms with Gasteiger partial charge in [0, 0.05) is 6.54 Å². The highest BCUT2D eigenvalue weighted by Crippen LogP contribution is 2.21. The fourth-order valence-electron chi connectivity index (χ4n) is 3.92. The molecule has 0 saturated carbocycles. The van der Waals surface area contributed by atoms with Gasteiger partial charge in [-0.3, -0.25) is 19.7 Å². The van der Waals surface area contributed by atoms with Gasteiger partial charge in [-0.15, -0.1) is 0 Å². The van der Waals surface area contributed by atoms with Crippen LogP contribution >= 0.6 is 0 Å². The molecule has 1 aliphatic rings. The van der Waals surface area contributed by atoms with Crippen LogP contribution in [0.4, 0.5) is 0 Å². The van der Waals surface area contributed by atoms with Crippen molar-refractivity contribution in [2.45, 2.75) is 63.1 Å². The Morgan fingerprint density at radius 2 is 1.87 bits per heavy atom. The molecule has 1 aromatic rings. The number of nitrogens with one attached hydrogen (secondary N) is 1. The number of hydrogen-bond donors (Lipinski definition) is 4. The predicted molar refractivity (Wildman–Crippen MR) is 113 cm³/mol. The third-order valence-corrected chi connectivity index (χ3v) is 5.57. The Kier molecular flexibility index (Phi) is 9.93. The quantitative estimate of drug-likeness (QED) is 0.346. The number of aliphatic carboxylic acids is 1. The minimum Gasteiger partial charge on any atom is -0.480 e. The van der Waals surface area contributed by atoms with Crippen molar-refractivity contribution < 1.29 is 24.6 Å². The number of nitrogens with two attached hydrogens (primary N) is 1. The first-order valence-electron chi connectivity index (χ1n) is 10.6. The second-order valence-electron chi connectivity index (χ2n) is 7.73. The number of nitrogens with zero attached hydrogens (tertiary/aromatic N) is 1. The molecule has 0 aromatic heterocycles. The summed E-state index contributed by atoms with van der Waals surface area (Å²) in [6.07, 6.45) is 3.99. The normalized spacial score (nSPS) is 18.2. The summed E-state index contributed by atoms with van der Waals surface area (Å²) in [5.41, 5.74) is 6.60. The lowest BCUT2D eigenvalue weighted by atomic mass is 10.0. The van der Waals surface area contributed by atoms with Crippen LogP contribution in [0, 0.1) is 0 Å². The topological polar surface area (TPSA) is 133 Å². The van der Waals surface area contributed by atoms with Crippen molar-refractivity contribution in [1.82, 2.24) is 10.2 Å². The summed E-state index contributed by atoms with van der Waals surface area (Å²) in [5.74, 6) is -1.66. The third-order valence-electron chi connectivity index (χ3n) is 5.57. The monoisotopic (exact) mass is 419 g/mol. The number of aryl methyl sites for hydroxylation is 1. The minimum atomic E-state index is -1.01. The number of aliphatic hydroxyl groups is 1. The first-order chi connectivity index (χ1) is 14.5. The molecule has 1 amide bonds. The fraction of sp³-hybridized carbons (Fsp3) is 0.591. The molecule has 1 heterocycles. The van der Waals surface area contributed by atoms with Gasteiger partial charge in [-0.05, 0) is 50.6 Å². The van der Waals surface area contributed by atoms with Crippen LogP contribution in [0.2, 0.25) is 0 Å². The molecule has 1 aromatic carbocycles. The van der Waals surface area contributed by atoms with Crippen LogP contribution in [-0.2, 0) is 20.8 Å². The van der Waals surface area contributed by atoms with Crippen molar-refractivity contribution in [2.24, 2.45) is 5.73 Å². The molecule has 166 valence electrons. The minimum absolute atomic E-state index is 0.276. The van der Waals surface area contributed by atoms with E-state index in [-0.39, 0.29) is 11.7 Å². The Labute approximate surface area is 177 Å². The molecule has 0 aliphatic carbocycles. The van der Waals surface area contributed by atoms with Gasteiger partial charge >= 0.3 is 5.97 Å². The van der Waals surface area contributed by atoms with Gasteiger partial charge in [0.1, 0.15) is 12.6 Å². The number of carbonyl (C=O) groups excluding carboxylic acids is 2. The van der Waals surface area contributed by atoms with Gasteiger partial charge in [0.25, 0.3) is 0 Å².